The van der Waals surface area contributed by atoms with Crippen molar-refractivity contribution in [1.29, 1.82) is 0 Å². The largest absolute Gasteiger partial charge is 0.621 e. The molecule has 0 saturated heterocycles. The normalized spacial score (nSPS) is 24.3. The van der Waals surface area contributed by atoms with Gasteiger partial charge in [0, 0.05) is 32.3 Å². The van der Waals surface area contributed by atoms with Crippen LogP contribution in [0.1, 0.15) is 26.3 Å². The molecule has 0 radical (unpaired) electrons. The highest BCUT2D eigenvalue weighted by atomic mass is 16.5. The second-order valence-electron chi connectivity index (χ2n) is 5.00. The topological polar surface area (TPSA) is 59.3 Å². The van der Waals surface area contributed by atoms with Gasteiger partial charge in [0.05, 0.1) is 5.56 Å². The first-order valence-electron chi connectivity index (χ1n) is 5.93. The van der Waals surface area contributed by atoms with Gasteiger partial charge in [-0.1, -0.05) is 13.8 Å². The molecule has 96 valence electrons. The number of hydrogen-bond donors (Lipinski definition) is 0. The number of hydroxylamine groups is 1. The van der Waals surface area contributed by atoms with Crippen LogP contribution in [0.3, 0.4) is 0 Å². The molecule has 1 aliphatic rings. The van der Waals surface area contributed by atoms with E-state index in [0.29, 0.717) is 5.56 Å². The average Bonchev–Trinajstić information content (AvgIpc) is 2.53. The molecule has 0 fully saturated rings. The van der Waals surface area contributed by atoms with Crippen LogP contribution < -0.4 is 0 Å². The van der Waals surface area contributed by atoms with Crippen molar-refractivity contribution >= 4 is 11.6 Å². The number of nitrogens with zero attached hydrogens (tertiary/aromatic N) is 3. The second-order valence-corrected chi connectivity index (χ2v) is 5.00. The molecule has 5 nitrogen and oxygen atoms in total. The first kappa shape index (κ1) is 12.5. The van der Waals surface area contributed by atoms with Gasteiger partial charge in [0.1, 0.15) is 0 Å². The standard InChI is InChI=1S/C13H17N3O2/c1-9(2)13(3)15(4)12(17)11(16(13)18)10-6-5-7-14-8-10/h5-9H,1-4H3/t13-/m1/s1. The average molecular weight is 247 g/mol. The van der Waals surface area contributed by atoms with E-state index in [2.05, 4.69) is 4.98 Å². The molecule has 2 heterocycles. The van der Waals surface area contributed by atoms with E-state index < -0.39 is 5.66 Å². The van der Waals surface area contributed by atoms with E-state index in [0.717, 1.165) is 4.74 Å². The Hall–Kier alpha value is -1.91. The van der Waals surface area contributed by atoms with E-state index in [4.69, 9.17) is 0 Å². The van der Waals surface area contributed by atoms with Crippen molar-refractivity contribution in [3.8, 4) is 0 Å². The minimum absolute atomic E-state index is 0.0260. The Balaban J connectivity index is 2.60. The number of carbonyl (C=O) groups is 1. The summed E-state index contributed by atoms with van der Waals surface area (Å²) < 4.78 is 0.816. The van der Waals surface area contributed by atoms with Gasteiger partial charge in [0.15, 0.2) is 0 Å². The van der Waals surface area contributed by atoms with Gasteiger partial charge in [-0.2, -0.15) is 4.74 Å². The Morgan fingerprint density at radius 1 is 1.50 bits per heavy atom. The first-order chi connectivity index (χ1) is 8.40. The Kier molecular flexibility index (Phi) is 2.84. The molecular weight excluding hydrogens is 230 g/mol. The summed E-state index contributed by atoms with van der Waals surface area (Å²) in [5, 5.41) is 12.5. The maximum atomic E-state index is 12.5. The summed E-state index contributed by atoms with van der Waals surface area (Å²) >= 11 is 0. The lowest BCUT2D eigenvalue weighted by molar-refractivity contribution is -0.570. The van der Waals surface area contributed by atoms with Crippen molar-refractivity contribution in [1.82, 2.24) is 9.88 Å². The van der Waals surface area contributed by atoms with Crippen LogP contribution in [0.4, 0.5) is 0 Å². The summed E-state index contributed by atoms with van der Waals surface area (Å²) in [7, 11) is 1.66. The van der Waals surface area contributed by atoms with Gasteiger partial charge in [0.25, 0.3) is 11.4 Å². The Morgan fingerprint density at radius 2 is 2.17 bits per heavy atom. The van der Waals surface area contributed by atoms with Gasteiger partial charge in [-0.3, -0.25) is 14.7 Å². The van der Waals surface area contributed by atoms with E-state index >= 15 is 0 Å². The van der Waals surface area contributed by atoms with Crippen molar-refractivity contribution in [3.63, 3.8) is 0 Å². The number of pyridine rings is 1. The molecule has 1 atom stereocenters. The Bertz CT molecular complexity index is 510. The fourth-order valence-electron chi connectivity index (χ4n) is 2.18. The number of amides is 1. The molecule has 0 bridgehead atoms. The minimum atomic E-state index is -0.845. The monoisotopic (exact) mass is 247 g/mol. The van der Waals surface area contributed by atoms with E-state index in [9.17, 15) is 10.0 Å². The summed E-state index contributed by atoms with van der Waals surface area (Å²) in [6, 6.07) is 3.44. The number of carbonyl (C=O) groups excluding carboxylic acids is 1. The zero-order chi connectivity index (χ0) is 13.5. The van der Waals surface area contributed by atoms with E-state index in [1.165, 1.54) is 11.1 Å². The molecule has 1 amide bonds. The summed E-state index contributed by atoms with van der Waals surface area (Å²) in [4.78, 5) is 17.7. The summed E-state index contributed by atoms with van der Waals surface area (Å²) in [6.07, 6.45) is 3.15. The summed E-state index contributed by atoms with van der Waals surface area (Å²) in [6.45, 7) is 5.65. The van der Waals surface area contributed by atoms with E-state index in [-0.39, 0.29) is 17.5 Å². The van der Waals surface area contributed by atoms with Crippen LogP contribution in [-0.4, -0.2) is 39.0 Å². The minimum Gasteiger partial charge on any atom is -0.621 e. The van der Waals surface area contributed by atoms with Crippen molar-refractivity contribution in [2.75, 3.05) is 7.05 Å². The molecule has 2 rings (SSSR count). The first-order valence-corrected chi connectivity index (χ1v) is 5.93. The van der Waals surface area contributed by atoms with Gasteiger partial charge in [-0.05, 0) is 12.1 Å². The van der Waals surface area contributed by atoms with Gasteiger partial charge >= 0.3 is 5.91 Å². The van der Waals surface area contributed by atoms with Crippen LogP contribution in [0.25, 0.3) is 0 Å². The number of rotatable bonds is 2. The maximum absolute atomic E-state index is 12.5. The molecule has 0 spiro atoms. The molecule has 5 heteroatoms. The number of hydrogen-bond acceptors (Lipinski definition) is 3. The van der Waals surface area contributed by atoms with Crippen molar-refractivity contribution in [2.24, 2.45) is 5.92 Å². The van der Waals surface area contributed by atoms with E-state index in [1.807, 2.05) is 13.8 Å². The lowest BCUT2D eigenvalue weighted by atomic mass is 9.98. The number of likely N-dealkylation sites (N-methyl/N-ethyl adjacent to an activating group) is 1. The molecule has 0 aliphatic carbocycles. The lowest BCUT2D eigenvalue weighted by Crippen LogP contribution is -2.51. The zero-order valence-corrected chi connectivity index (χ0v) is 11.0. The molecule has 1 aromatic heterocycles. The summed E-state index contributed by atoms with van der Waals surface area (Å²) in [5.41, 5.74) is -0.113. The smallest absolute Gasteiger partial charge is 0.325 e. The third-order valence-electron chi connectivity index (χ3n) is 3.83. The van der Waals surface area contributed by atoms with Crippen LogP contribution in [0.2, 0.25) is 0 Å². The molecule has 0 saturated carbocycles. The van der Waals surface area contributed by atoms with Crippen LogP contribution in [0.5, 0.6) is 0 Å². The van der Waals surface area contributed by atoms with Gasteiger partial charge < -0.3 is 5.21 Å². The van der Waals surface area contributed by atoms with Gasteiger partial charge in [0.2, 0.25) is 0 Å². The van der Waals surface area contributed by atoms with E-state index in [1.54, 1.807) is 32.3 Å². The summed E-state index contributed by atoms with van der Waals surface area (Å²) in [5.74, 6) is -0.229. The highest BCUT2D eigenvalue weighted by Crippen LogP contribution is 2.30. The molecule has 1 aromatic rings. The van der Waals surface area contributed by atoms with Crippen LogP contribution >= 0.6 is 0 Å². The number of aromatic nitrogens is 1. The highest BCUT2D eigenvalue weighted by molar-refractivity contribution is 6.44. The van der Waals surface area contributed by atoms with Crippen molar-refractivity contribution < 1.29 is 9.53 Å². The quantitative estimate of drug-likeness (QED) is 0.583. The molecule has 1 aliphatic heterocycles. The Morgan fingerprint density at radius 3 is 2.61 bits per heavy atom. The molecule has 0 aromatic carbocycles. The predicted octanol–water partition coefficient (Wildman–Crippen LogP) is 1.23. The fourth-order valence-corrected chi connectivity index (χ4v) is 2.18. The molecule has 18 heavy (non-hydrogen) atoms. The highest BCUT2D eigenvalue weighted by Gasteiger charge is 2.54. The molecule has 0 unspecified atom stereocenters. The SMILES string of the molecule is CC(C)[C@]1(C)N(C)C(=O)C(c2cccnc2)=[N+]1[O-]. The third-order valence-corrected chi connectivity index (χ3v) is 3.83. The zero-order valence-electron chi connectivity index (χ0n) is 11.0. The van der Waals surface area contributed by atoms with Crippen molar-refractivity contribution in [2.45, 2.75) is 26.4 Å². The lowest BCUT2D eigenvalue weighted by Gasteiger charge is -2.32. The fraction of sp³-hybridized carbons (Fsp3) is 0.462. The maximum Gasteiger partial charge on any atom is 0.325 e. The van der Waals surface area contributed by atoms with Crippen molar-refractivity contribution in [3.05, 3.63) is 35.3 Å². The van der Waals surface area contributed by atoms with Crippen LogP contribution in [-0.2, 0) is 4.79 Å². The molecular formula is C13H17N3O2. The predicted molar refractivity (Wildman–Crippen MR) is 68.0 cm³/mol. The van der Waals surface area contributed by atoms with Gasteiger partial charge in [-0.25, -0.2) is 0 Å². The second kappa shape index (κ2) is 4.08. The van der Waals surface area contributed by atoms with Crippen LogP contribution in [0.15, 0.2) is 24.5 Å². The molecule has 0 N–H and O–H groups in total. The third kappa shape index (κ3) is 1.50. The van der Waals surface area contributed by atoms with Crippen LogP contribution in [0, 0.1) is 11.1 Å². The Labute approximate surface area is 106 Å². The van der Waals surface area contributed by atoms with Gasteiger partial charge in [-0.15, -0.1) is 0 Å².